The molecule has 5 amide bonds. The smallest absolute Gasteiger partial charge is 0.328 e. The number of nitrogens with zero attached hydrogens (tertiary/aromatic N) is 2. The number of hydrogen-bond donors (Lipinski definition) is 7. The van der Waals surface area contributed by atoms with Gasteiger partial charge in [-0.15, -0.1) is 0 Å². The van der Waals surface area contributed by atoms with Gasteiger partial charge in [-0.05, 0) is 6.92 Å². The van der Waals surface area contributed by atoms with Gasteiger partial charge in [0.2, 0.25) is 5.66 Å². The van der Waals surface area contributed by atoms with Gasteiger partial charge in [-0.25, -0.2) is 9.59 Å². The van der Waals surface area contributed by atoms with Crippen molar-refractivity contribution >= 4 is 18.0 Å². The Balaban J connectivity index is 0.00000135. The van der Waals surface area contributed by atoms with Crippen LogP contribution in [0.3, 0.4) is 0 Å². The summed E-state index contributed by atoms with van der Waals surface area (Å²) in [5.41, 5.74) is -2.28. The molecule has 0 radical (unpaired) electrons. The van der Waals surface area contributed by atoms with Gasteiger partial charge in [0.1, 0.15) is 20.2 Å². The molecule has 22 heavy (non-hydrogen) atoms. The summed E-state index contributed by atoms with van der Waals surface area (Å²) in [7, 11) is 0. The number of urea groups is 2. The first-order chi connectivity index (χ1) is 10.4. The summed E-state index contributed by atoms with van der Waals surface area (Å²) in [4.78, 5) is 35.7. The van der Waals surface area contributed by atoms with Crippen LogP contribution in [0.15, 0.2) is 0 Å². The molecular formula is C10H20N4O8. The zero-order valence-corrected chi connectivity index (χ0v) is 11.9. The Bertz CT molecular complexity index is 406. The topological polar surface area (TPSA) is 183 Å². The Morgan fingerprint density at radius 2 is 1.82 bits per heavy atom. The molecule has 0 spiro atoms. The van der Waals surface area contributed by atoms with E-state index in [-0.39, 0.29) is 6.61 Å². The van der Waals surface area contributed by atoms with Crippen molar-refractivity contribution in [3.63, 3.8) is 0 Å². The summed E-state index contributed by atoms with van der Waals surface area (Å²) >= 11 is 0. The number of carbonyl (C=O) groups is 3. The van der Waals surface area contributed by atoms with E-state index in [4.69, 9.17) is 20.4 Å². The van der Waals surface area contributed by atoms with Crippen molar-refractivity contribution in [2.75, 3.05) is 33.4 Å². The van der Waals surface area contributed by atoms with Crippen molar-refractivity contribution in [3.8, 4) is 0 Å². The molecule has 1 unspecified atom stereocenters. The average molecular weight is 324 g/mol. The van der Waals surface area contributed by atoms with E-state index in [1.54, 1.807) is 12.2 Å². The van der Waals surface area contributed by atoms with Gasteiger partial charge in [0.25, 0.3) is 5.91 Å². The number of carbonyl (C=O) groups excluding carboxylic acids is 3. The van der Waals surface area contributed by atoms with Gasteiger partial charge < -0.3 is 30.8 Å². The molecule has 1 rings (SSSR count). The van der Waals surface area contributed by atoms with Crippen LogP contribution in [0.4, 0.5) is 9.59 Å². The number of aliphatic hydroxyl groups is 5. The van der Waals surface area contributed by atoms with Crippen LogP contribution >= 0.6 is 0 Å². The molecule has 1 aliphatic rings. The molecule has 0 aromatic carbocycles. The molecule has 0 aromatic rings. The first kappa shape index (κ1) is 20.0. The Kier molecular flexibility index (Phi) is 8.29. The van der Waals surface area contributed by atoms with Gasteiger partial charge in [0, 0.05) is 6.61 Å². The highest BCUT2D eigenvalue weighted by Crippen LogP contribution is 2.25. The third-order valence-electron chi connectivity index (χ3n) is 2.70. The predicted molar refractivity (Wildman–Crippen MR) is 69.6 cm³/mol. The molecule has 12 heteroatoms. The van der Waals surface area contributed by atoms with Crippen LogP contribution in [0.25, 0.3) is 0 Å². The molecule has 12 nitrogen and oxygen atoms in total. The number of rotatable bonds is 5. The van der Waals surface area contributed by atoms with E-state index in [2.05, 4.69) is 0 Å². The molecule has 0 saturated carbocycles. The fourth-order valence-corrected chi connectivity index (χ4v) is 1.76. The van der Waals surface area contributed by atoms with E-state index in [1.165, 1.54) is 0 Å². The second-order valence-electron chi connectivity index (χ2n) is 3.83. The van der Waals surface area contributed by atoms with Crippen molar-refractivity contribution < 1.29 is 39.9 Å². The highest BCUT2D eigenvalue weighted by atomic mass is 16.3. The van der Waals surface area contributed by atoms with Crippen molar-refractivity contribution in [2.24, 2.45) is 0 Å². The summed E-state index contributed by atoms with van der Waals surface area (Å²) in [6.45, 7) is -1.92. The maximum absolute atomic E-state index is 11.8. The van der Waals surface area contributed by atoms with Crippen LogP contribution in [0.2, 0.25) is 0 Å². The molecule has 0 bridgehead atoms. The lowest BCUT2D eigenvalue weighted by molar-refractivity contribution is -0.147. The van der Waals surface area contributed by atoms with Crippen LogP contribution in [0.1, 0.15) is 6.92 Å². The quantitative estimate of drug-likeness (QED) is 0.198. The van der Waals surface area contributed by atoms with Crippen LogP contribution in [0, 0.1) is 0 Å². The van der Waals surface area contributed by atoms with Crippen LogP contribution in [0.5, 0.6) is 0 Å². The van der Waals surface area contributed by atoms with Crippen LogP contribution < -0.4 is 10.6 Å². The molecule has 1 fully saturated rings. The van der Waals surface area contributed by atoms with Crippen molar-refractivity contribution in [3.05, 3.63) is 0 Å². The van der Waals surface area contributed by atoms with E-state index in [0.717, 1.165) is 0 Å². The SMILES string of the molecule is CCO.O=C(NCO)N(CO)C1(CO)C(=O)NC(=O)N1CO. The number of hydrogen-bond acceptors (Lipinski definition) is 8. The highest BCUT2D eigenvalue weighted by molar-refractivity contribution is 6.08. The number of imide groups is 1. The minimum absolute atomic E-state index is 0.250. The monoisotopic (exact) mass is 324 g/mol. The Labute approximate surface area is 125 Å². The highest BCUT2D eigenvalue weighted by Gasteiger charge is 2.58. The molecule has 0 aromatic heterocycles. The van der Waals surface area contributed by atoms with E-state index in [1.807, 2.05) is 5.32 Å². The van der Waals surface area contributed by atoms with Crippen molar-refractivity contribution in [1.29, 1.82) is 0 Å². The second kappa shape index (κ2) is 9.11. The summed E-state index contributed by atoms with van der Waals surface area (Å²) in [5.74, 6) is -1.09. The van der Waals surface area contributed by atoms with E-state index < -0.39 is 50.4 Å². The minimum Gasteiger partial charge on any atom is -0.397 e. The third kappa shape index (κ3) is 3.61. The molecule has 0 aliphatic carbocycles. The minimum atomic E-state index is -2.28. The maximum atomic E-state index is 11.8. The second-order valence-corrected chi connectivity index (χ2v) is 3.83. The van der Waals surface area contributed by atoms with Gasteiger partial charge in [0.05, 0.1) is 6.61 Å². The number of nitrogens with one attached hydrogen (secondary N) is 2. The first-order valence-corrected chi connectivity index (χ1v) is 6.13. The lowest BCUT2D eigenvalue weighted by Gasteiger charge is -2.40. The van der Waals surface area contributed by atoms with Gasteiger partial charge in [-0.2, -0.15) is 0 Å². The van der Waals surface area contributed by atoms with E-state index in [0.29, 0.717) is 9.80 Å². The maximum Gasteiger partial charge on any atom is 0.328 e. The Morgan fingerprint density at radius 3 is 2.18 bits per heavy atom. The average Bonchev–Trinajstić information content (AvgIpc) is 2.71. The fourth-order valence-electron chi connectivity index (χ4n) is 1.76. The van der Waals surface area contributed by atoms with Gasteiger partial charge in [-0.3, -0.25) is 19.9 Å². The zero-order valence-electron chi connectivity index (χ0n) is 11.9. The fraction of sp³-hybridized carbons (Fsp3) is 0.700. The predicted octanol–water partition coefficient (Wildman–Crippen LogP) is -3.91. The summed E-state index contributed by atoms with van der Waals surface area (Å²) in [5, 5.41) is 47.5. The molecule has 1 aliphatic heterocycles. The van der Waals surface area contributed by atoms with E-state index in [9.17, 15) is 19.5 Å². The lowest BCUT2D eigenvalue weighted by Crippen LogP contribution is -2.68. The number of aliphatic hydroxyl groups excluding tert-OH is 5. The molecule has 1 atom stereocenters. The van der Waals surface area contributed by atoms with Crippen molar-refractivity contribution in [2.45, 2.75) is 12.6 Å². The first-order valence-electron chi connectivity index (χ1n) is 6.13. The van der Waals surface area contributed by atoms with Crippen molar-refractivity contribution in [1.82, 2.24) is 20.4 Å². The Morgan fingerprint density at radius 1 is 1.27 bits per heavy atom. The summed E-state index contributed by atoms with van der Waals surface area (Å²) in [6, 6.07) is -2.14. The van der Waals surface area contributed by atoms with Crippen LogP contribution in [-0.2, 0) is 4.79 Å². The lowest BCUT2D eigenvalue weighted by atomic mass is 10.1. The molecule has 1 saturated heterocycles. The van der Waals surface area contributed by atoms with Gasteiger partial charge >= 0.3 is 12.1 Å². The molecule has 7 N–H and O–H groups in total. The van der Waals surface area contributed by atoms with Crippen LogP contribution in [-0.4, -0.2) is 92.4 Å². The molecular weight excluding hydrogens is 304 g/mol. The van der Waals surface area contributed by atoms with Gasteiger partial charge in [0.15, 0.2) is 0 Å². The molecule has 128 valence electrons. The zero-order chi connectivity index (χ0) is 17.3. The van der Waals surface area contributed by atoms with Gasteiger partial charge in [-0.1, -0.05) is 0 Å². The largest absolute Gasteiger partial charge is 0.397 e. The summed E-state index contributed by atoms with van der Waals surface area (Å²) < 4.78 is 0. The number of amides is 5. The standard InChI is InChI=1S/C8H14N4O7.C2H6O/c13-1-8(11(3-15)6(18)9-2-14)5(17)10-7(19)12(8)4-16;1-2-3/h13-16H,1-4H2,(H,9,18)(H,10,17,19);3H,2H2,1H3. The van der Waals surface area contributed by atoms with E-state index >= 15 is 0 Å². The third-order valence-corrected chi connectivity index (χ3v) is 2.70. The molecule has 1 heterocycles. The normalized spacial score (nSPS) is 20.2. The summed E-state index contributed by atoms with van der Waals surface area (Å²) in [6.07, 6.45) is 0. The Hall–Kier alpha value is -1.99.